The summed E-state index contributed by atoms with van der Waals surface area (Å²) in [6.07, 6.45) is 2.60. The third kappa shape index (κ3) is 3.96. The molecule has 0 aromatic heterocycles. The molecular weight excluding hydrogens is 270 g/mol. The second-order valence-corrected chi connectivity index (χ2v) is 7.70. The number of carboxylic acid groups (broad SMARTS) is 1. The predicted molar refractivity (Wildman–Crippen MR) is 78.9 cm³/mol. The average molecular weight is 297 g/mol. The van der Waals surface area contributed by atoms with Crippen molar-refractivity contribution in [2.24, 2.45) is 11.8 Å². The molecule has 2 aliphatic rings. The van der Waals surface area contributed by atoms with Crippen molar-refractivity contribution in [3.8, 4) is 0 Å². The Morgan fingerprint density at radius 1 is 0.952 bits per heavy atom. The molecule has 2 rings (SSSR count). The van der Waals surface area contributed by atoms with Crippen LogP contribution in [0.2, 0.25) is 0 Å². The van der Waals surface area contributed by atoms with Gasteiger partial charge in [-0.2, -0.15) is 0 Å². The second-order valence-electron chi connectivity index (χ2n) is 7.70. The molecule has 0 aromatic rings. The van der Waals surface area contributed by atoms with E-state index in [9.17, 15) is 9.59 Å². The van der Waals surface area contributed by atoms with Crippen LogP contribution in [-0.4, -0.2) is 46.2 Å². The third-order valence-electron chi connectivity index (χ3n) is 4.43. The molecule has 0 spiro atoms. The van der Waals surface area contributed by atoms with Crippen molar-refractivity contribution in [1.29, 1.82) is 0 Å². The van der Waals surface area contributed by atoms with E-state index in [0.717, 1.165) is 0 Å². The zero-order chi connectivity index (χ0) is 15.8. The Kier molecular flexibility index (Phi) is 4.34. The monoisotopic (exact) mass is 297 g/mol. The van der Waals surface area contributed by atoms with Crippen LogP contribution in [-0.2, 0) is 14.3 Å². The number of hydrogen-bond acceptors (Lipinski definition) is 3. The van der Waals surface area contributed by atoms with Crippen LogP contribution < -0.4 is 0 Å². The van der Waals surface area contributed by atoms with Gasteiger partial charge in [0.15, 0.2) is 0 Å². The number of morpholine rings is 1. The van der Waals surface area contributed by atoms with Crippen LogP contribution in [0.3, 0.4) is 0 Å². The van der Waals surface area contributed by atoms with Crippen molar-refractivity contribution >= 4 is 11.9 Å². The van der Waals surface area contributed by atoms with Gasteiger partial charge in [-0.15, -0.1) is 0 Å². The summed E-state index contributed by atoms with van der Waals surface area (Å²) in [4.78, 5) is 25.6. The van der Waals surface area contributed by atoms with Crippen molar-refractivity contribution in [1.82, 2.24) is 4.90 Å². The molecule has 120 valence electrons. The van der Waals surface area contributed by atoms with E-state index in [1.165, 1.54) is 0 Å². The van der Waals surface area contributed by atoms with Gasteiger partial charge in [-0.05, 0) is 53.4 Å². The average Bonchev–Trinajstić information content (AvgIpc) is 2.34. The summed E-state index contributed by atoms with van der Waals surface area (Å²) in [6, 6.07) is 0. The van der Waals surface area contributed by atoms with E-state index in [2.05, 4.69) is 0 Å². The normalized spacial score (nSPS) is 31.7. The van der Waals surface area contributed by atoms with Gasteiger partial charge >= 0.3 is 5.97 Å². The zero-order valence-corrected chi connectivity index (χ0v) is 13.5. The topological polar surface area (TPSA) is 66.8 Å². The molecule has 1 N–H and O–H groups in total. The summed E-state index contributed by atoms with van der Waals surface area (Å²) >= 11 is 0. The van der Waals surface area contributed by atoms with E-state index in [-0.39, 0.29) is 28.9 Å². The molecule has 21 heavy (non-hydrogen) atoms. The Labute approximate surface area is 126 Å². The minimum absolute atomic E-state index is 0.0229. The molecule has 5 heteroatoms. The maximum absolute atomic E-state index is 12.7. The molecule has 1 aliphatic carbocycles. The minimum atomic E-state index is -0.727. The Morgan fingerprint density at radius 2 is 1.38 bits per heavy atom. The minimum Gasteiger partial charge on any atom is -0.481 e. The van der Waals surface area contributed by atoms with Gasteiger partial charge < -0.3 is 14.7 Å². The van der Waals surface area contributed by atoms with Crippen LogP contribution in [0.4, 0.5) is 0 Å². The first kappa shape index (κ1) is 16.3. The van der Waals surface area contributed by atoms with E-state index in [1.807, 2.05) is 32.6 Å². The summed E-state index contributed by atoms with van der Waals surface area (Å²) < 4.78 is 6.01. The molecule has 1 saturated heterocycles. The Morgan fingerprint density at radius 3 is 1.81 bits per heavy atom. The smallest absolute Gasteiger partial charge is 0.306 e. The maximum atomic E-state index is 12.7. The molecule has 0 radical (unpaired) electrons. The van der Waals surface area contributed by atoms with Crippen LogP contribution in [0.1, 0.15) is 53.4 Å². The van der Waals surface area contributed by atoms with E-state index in [1.54, 1.807) is 0 Å². The summed E-state index contributed by atoms with van der Waals surface area (Å²) in [5.74, 6) is -0.852. The van der Waals surface area contributed by atoms with Gasteiger partial charge in [0.25, 0.3) is 0 Å². The lowest BCUT2D eigenvalue weighted by Crippen LogP contribution is -2.59. The Balaban J connectivity index is 1.99. The Bertz CT molecular complexity index is 406. The maximum Gasteiger partial charge on any atom is 0.306 e. The fourth-order valence-corrected chi connectivity index (χ4v) is 3.79. The van der Waals surface area contributed by atoms with Gasteiger partial charge in [0, 0.05) is 19.0 Å². The summed E-state index contributed by atoms with van der Waals surface area (Å²) in [5.41, 5.74) is -0.675. The molecule has 0 bridgehead atoms. The van der Waals surface area contributed by atoms with Crippen LogP contribution in [0, 0.1) is 11.8 Å². The highest BCUT2D eigenvalue weighted by molar-refractivity contribution is 5.79. The molecule has 1 heterocycles. The highest BCUT2D eigenvalue weighted by atomic mass is 16.5. The number of carbonyl (C=O) groups is 2. The van der Waals surface area contributed by atoms with Gasteiger partial charge in [0.2, 0.25) is 5.91 Å². The molecule has 0 aromatic carbocycles. The van der Waals surface area contributed by atoms with Crippen molar-refractivity contribution in [3.63, 3.8) is 0 Å². The molecule has 5 nitrogen and oxygen atoms in total. The Hall–Kier alpha value is -1.10. The van der Waals surface area contributed by atoms with Crippen LogP contribution in [0.5, 0.6) is 0 Å². The lowest BCUT2D eigenvalue weighted by molar-refractivity contribution is -0.190. The highest BCUT2D eigenvalue weighted by Crippen LogP contribution is 2.33. The number of carbonyl (C=O) groups excluding carboxylic acids is 1. The van der Waals surface area contributed by atoms with Crippen molar-refractivity contribution in [3.05, 3.63) is 0 Å². The number of nitrogens with zero attached hydrogens (tertiary/aromatic N) is 1. The van der Waals surface area contributed by atoms with E-state index in [0.29, 0.717) is 38.8 Å². The standard InChI is InChI=1S/C16H27NO4/c1-15(2)9-17(10-16(3,4)21-15)13(18)11-5-7-12(8-6-11)14(19)20/h11-12H,5-10H2,1-4H3,(H,19,20). The van der Waals surface area contributed by atoms with Crippen LogP contribution >= 0.6 is 0 Å². The molecular formula is C16H27NO4. The first-order chi connectivity index (χ1) is 9.60. The van der Waals surface area contributed by atoms with Gasteiger partial charge in [-0.25, -0.2) is 0 Å². The molecule has 2 fully saturated rings. The largest absolute Gasteiger partial charge is 0.481 e. The first-order valence-corrected chi connectivity index (χ1v) is 7.81. The van der Waals surface area contributed by atoms with E-state index < -0.39 is 5.97 Å². The fraction of sp³-hybridized carbons (Fsp3) is 0.875. The summed E-state index contributed by atoms with van der Waals surface area (Å²) in [7, 11) is 0. The predicted octanol–water partition coefficient (Wildman–Crippen LogP) is 2.29. The molecule has 1 saturated carbocycles. The lowest BCUT2D eigenvalue weighted by atomic mass is 9.81. The third-order valence-corrected chi connectivity index (χ3v) is 4.43. The number of amides is 1. The second kappa shape index (κ2) is 5.59. The van der Waals surface area contributed by atoms with Crippen molar-refractivity contribution < 1.29 is 19.4 Å². The van der Waals surface area contributed by atoms with Gasteiger partial charge in [-0.1, -0.05) is 0 Å². The number of hydrogen-bond donors (Lipinski definition) is 1. The quantitative estimate of drug-likeness (QED) is 0.849. The van der Waals surface area contributed by atoms with Crippen LogP contribution in [0.25, 0.3) is 0 Å². The number of ether oxygens (including phenoxy) is 1. The van der Waals surface area contributed by atoms with Crippen molar-refractivity contribution in [2.75, 3.05) is 13.1 Å². The summed E-state index contributed by atoms with van der Waals surface area (Å²) in [6.45, 7) is 9.25. The van der Waals surface area contributed by atoms with Crippen LogP contribution in [0.15, 0.2) is 0 Å². The number of aliphatic carboxylic acids is 1. The number of rotatable bonds is 2. The number of carboxylic acids is 1. The van der Waals surface area contributed by atoms with E-state index >= 15 is 0 Å². The van der Waals surface area contributed by atoms with E-state index in [4.69, 9.17) is 9.84 Å². The van der Waals surface area contributed by atoms with Crippen molar-refractivity contribution in [2.45, 2.75) is 64.6 Å². The molecule has 1 amide bonds. The van der Waals surface area contributed by atoms with Gasteiger partial charge in [-0.3, -0.25) is 9.59 Å². The molecule has 1 aliphatic heterocycles. The lowest BCUT2D eigenvalue weighted by Gasteiger charge is -2.48. The van der Waals surface area contributed by atoms with Gasteiger partial charge in [0.05, 0.1) is 17.1 Å². The SMILES string of the molecule is CC1(C)CN(C(=O)C2CCC(C(=O)O)CC2)CC(C)(C)O1. The molecule has 0 unspecified atom stereocenters. The fourth-order valence-electron chi connectivity index (χ4n) is 3.79. The molecule has 0 atom stereocenters. The zero-order valence-electron chi connectivity index (χ0n) is 13.5. The first-order valence-electron chi connectivity index (χ1n) is 7.81. The van der Waals surface area contributed by atoms with Gasteiger partial charge in [0.1, 0.15) is 0 Å². The highest BCUT2D eigenvalue weighted by Gasteiger charge is 2.42. The summed E-state index contributed by atoms with van der Waals surface area (Å²) in [5, 5.41) is 9.04.